The number of aromatic nitrogens is 2. The summed E-state index contributed by atoms with van der Waals surface area (Å²) in [6, 6.07) is 5.06. The van der Waals surface area contributed by atoms with E-state index in [0.717, 1.165) is 12.8 Å². The predicted molar refractivity (Wildman–Crippen MR) is 84.9 cm³/mol. The zero-order valence-corrected chi connectivity index (χ0v) is 13.8. The third-order valence-corrected chi connectivity index (χ3v) is 4.30. The summed E-state index contributed by atoms with van der Waals surface area (Å²) < 4.78 is 10.5. The van der Waals surface area contributed by atoms with Crippen molar-refractivity contribution in [1.29, 1.82) is 0 Å². The molecule has 1 aromatic carbocycles. The van der Waals surface area contributed by atoms with Gasteiger partial charge >= 0.3 is 0 Å². The fraction of sp³-hybridized carbons (Fsp3) is 0.438. The highest BCUT2D eigenvalue weighted by atomic mass is 35.5. The maximum Gasteiger partial charge on any atom is 0.257 e. The largest absolute Gasteiger partial charge is 0.496 e. The molecule has 3 rings (SSSR count). The summed E-state index contributed by atoms with van der Waals surface area (Å²) in [6.45, 7) is 3.10. The van der Waals surface area contributed by atoms with Crippen molar-refractivity contribution in [2.45, 2.75) is 25.7 Å². The lowest BCUT2D eigenvalue weighted by atomic mass is 9.96. The Morgan fingerprint density at radius 2 is 2.13 bits per heavy atom. The Kier molecular flexibility index (Phi) is 4.52. The molecule has 1 aliphatic rings. The van der Waals surface area contributed by atoms with Crippen LogP contribution in [0.3, 0.4) is 0 Å². The Morgan fingerprint density at radius 1 is 1.39 bits per heavy atom. The fourth-order valence-corrected chi connectivity index (χ4v) is 2.98. The molecule has 1 aliphatic heterocycles. The van der Waals surface area contributed by atoms with Crippen molar-refractivity contribution in [3.8, 4) is 5.75 Å². The van der Waals surface area contributed by atoms with E-state index in [1.807, 2.05) is 4.90 Å². The molecule has 0 saturated carbocycles. The molecule has 0 spiro atoms. The first-order chi connectivity index (χ1) is 11.1. The Bertz CT molecular complexity index is 708. The van der Waals surface area contributed by atoms with Crippen LogP contribution < -0.4 is 4.74 Å². The molecule has 7 heteroatoms. The van der Waals surface area contributed by atoms with E-state index in [9.17, 15) is 4.79 Å². The highest BCUT2D eigenvalue weighted by molar-refractivity contribution is 6.30. The molecule has 1 amide bonds. The minimum Gasteiger partial charge on any atom is -0.496 e. The zero-order valence-electron chi connectivity index (χ0n) is 13.1. The molecule has 2 heterocycles. The summed E-state index contributed by atoms with van der Waals surface area (Å²) in [5, 5.41) is 4.37. The van der Waals surface area contributed by atoms with Gasteiger partial charge in [-0.2, -0.15) is 4.98 Å². The van der Waals surface area contributed by atoms with Crippen LogP contribution in [-0.2, 0) is 0 Å². The molecule has 6 nitrogen and oxygen atoms in total. The Balaban J connectivity index is 1.69. The van der Waals surface area contributed by atoms with Crippen LogP contribution in [0.25, 0.3) is 0 Å². The molecule has 23 heavy (non-hydrogen) atoms. The van der Waals surface area contributed by atoms with Crippen molar-refractivity contribution in [3.05, 3.63) is 40.5 Å². The van der Waals surface area contributed by atoms with Gasteiger partial charge in [0.25, 0.3) is 5.91 Å². The molecule has 0 N–H and O–H groups in total. The maximum absolute atomic E-state index is 12.7. The van der Waals surface area contributed by atoms with Crippen molar-refractivity contribution in [2.75, 3.05) is 20.2 Å². The molecule has 1 saturated heterocycles. The highest BCUT2D eigenvalue weighted by Crippen LogP contribution is 2.29. The first kappa shape index (κ1) is 15.8. The minimum absolute atomic E-state index is 0.0429. The van der Waals surface area contributed by atoms with E-state index >= 15 is 0 Å². The van der Waals surface area contributed by atoms with Gasteiger partial charge in [-0.15, -0.1) is 0 Å². The van der Waals surface area contributed by atoms with Crippen molar-refractivity contribution in [1.82, 2.24) is 15.0 Å². The number of carbonyl (C=O) groups is 1. The number of benzene rings is 1. The fourth-order valence-electron chi connectivity index (χ4n) is 2.82. The average Bonchev–Trinajstić information content (AvgIpc) is 3.00. The highest BCUT2D eigenvalue weighted by Gasteiger charge is 2.28. The van der Waals surface area contributed by atoms with E-state index in [-0.39, 0.29) is 11.8 Å². The van der Waals surface area contributed by atoms with Crippen molar-refractivity contribution in [3.63, 3.8) is 0 Å². The second-order valence-electron chi connectivity index (χ2n) is 5.59. The summed E-state index contributed by atoms with van der Waals surface area (Å²) >= 11 is 5.95. The van der Waals surface area contributed by atoms with Crippen LogP contribution >= 0.6 is 11.6 Å². The molecular weight excluding hydrogens is 318 g/mol. The van der Waals surface area contributed by atoms with Gasteiger partial charge < -0.3 is 14.2 Å². The van der Waals surface area contributed by atoms with Gasteiger partial charge in [-0.1, -0.05) is 16.8 Å². The van der Waals surface area contributed by atoms with E-state index in [2.05, 4.69) is 10.1 Å². The summed E-state index contributed by atoms with van der Waals surface area (Å²) in [5.74, 6) is 1.98. The molecule has 1 fully saturated rings. The molecule has 0 bridgehead atoms. The minimum atomic E-state index is -0.0429. The number of piperidine rings is 1. The standard InChI is InChI=1S/C16H18ClN3O3/c1-10-18-15(23-19-10)11-5-7-20(8-6-11)16(21)13-4-3-12(17)9-14(13)22-2/h3-4,9,11H,5-8H2,1-2H3. The summed E-state index contributed by atoms with van der Waals surface area (Å²) in [7, 11) is 1.53. The topological polar surface area (TPSA) is 68.5 Å². The molecule has 2 aromatic rings. The van der Waals surface area contributed by atoms with Crippen molar-refractivity contribution >= 4 is 17.5 Å². The lowest BCUT2D eigenvalue weighted by molar-refractivity contribution is 0.0701. The van der Waals surface area contributed by atoms with Gasteiger partial charge in [0, 0.05) is 24.0 Å². The lowest BCUT2D eigenvalue weighted by Crippen LogP contribution is -2.38. The summed E-state index contributed by atoms with van der Waals surface area (Å²) in [4.78, 5) is 18.8. The van der Waals surface area contributed by atoms with Crippen molar-refractivity contribution in [2.24, 2.45) is 0 Å². The quantitative estimate of drug-likeness (QED) is 0.862. The predicted octanol–water partition coefficient (Wildman–Crippen LogP) is 3.06. The van der Waals surface area contributed by atoms with Crippen LogP contribution in [0.5, 0.6) is 5.75 Å². The van der Waals surface area contributed by atoms with Gasteiger partial charge in [0.05, 0.1) is 12.7 Å². The van der Waals surface area contributed by atoms with E-state index < -0.39 is 0 Å². The molecule has 0 radical (unpaired) electrons. The molecule has 1 aromatic heterocycles. The molecule has 122 valence electrons. The SMILES string of the molecule is COc1cc(Cl)ccc1C(=O)N1CCC(c2nc(C)no2)CC1. The molecule has 0 aliphatic carbocycles. The number of methoxy groups -OCH3 is 1. The van der Waals surface area contributed by atoms with E-state index in [0.29, 0.717) is 41.1 Å². The Hall–Kier alpha value is -2.08. The van der Waals surface area contributed by atoms with Gasteiger partial charge in [-0.05, 0) is 38.0 Å². The van der Waals surface area contributed by atoms with E-state index in [1.54, 1.807) is 25.1 Å². The third-order valence-electron chi connectivity index (χ3n) is 4.07. The van der Waals surface area contributed by atoms with Gasteiger partial charge in [0.2, 0.25) is 5.89 Å². The number of amides is 1. The second kappa shape index (κ2) is 6.58. The lowest BCUT2D eigenvalue weighted by Gasteiger charge is -2.30. The first-order valence-corrected chi connectivity index (χ1v) is 7.89. The number of hydrogen-bond donors (Lipinski definition) is 0. The normalized spacial score (nSPS) is 15.7. The third kappa shape index (κ3) is 3.32. The van der Waals surface area contributed by atoms with Crippen LogP contribution in [0.1, 0.15) is 40.8 Å². The number of rotatable bonds is 3. The first-order valence-electron chi connectivity index (χ1n) is 7.51. The number of hydrogen-bond acceptors (Lipinski definition) is 5. The van der Waals surface area contributed by atoms with Crippen LogP contribution in [0.4, 0.5) is 0 Å². The Morgan fingerprint density at radius 3 is 2.74 bits per heavy atom. The number of likely N-dealkylation sites (tertiary alicyclic amines) is 1. The second-order valence-corrected chi connectivity index (χ2v) is 6.03. The Labute approximate surface area is 139 Å². The molecule has 0 unspecified atom stereocenters. The van der Waals surface area contributed by atoms with Crippen LogP contribution in [-0.4, -0.2) is 41.1 Å². The van der Waals surface area contributed by atoms with Crippen LogP contribution in [0.2, 0.25) is 5.02 Å². The number of nitrogens with zero attached hydrogens (tertiary/aromatic N) is 3. The van der Waals surface area contributed by atoms with Crippen molar-refractivity contribution < 1.29 is 14.1 Å². The molecule has 0 atom stereocenters. The van der Waals surface area contributed by atoms with E-state index in [1.165, 1.54) is 7.11 Å². The van der Waals surface area contributed by atoms with Gasteiger partial charge in [-0.25, -0.2) is 0 Å². The number of carbonyl (C=O) groups excluding carboxylic acids is 1. The van der Waals surface area contributed by atoms with Gasteiger partial charge in [0.1, 0.15) is 5.75 Å². The van der Waals surface area contributed by atoms with Gasteiger partial charge in [-0.3, -0.25) is 4.79 Å². The van der Waals surface area contributed by atoms with Gasteiger partial charge in [0.15, 0.2) is 5.82 Å². The zero-order chi connectivity index (χ0) is 16.4. The van der Waals surface area contributed by atoms with Crippen LogP contribution in [0, 0.1) is 6.92 Å². The smallest absolute Gasteiger partial charge is 0.257 e. The maximum atomic E-state index is 12.7. The summed E-state index contributed by atoms with van der Waals surface area (Å²) in [6.07, 6.45) is 1.62. The monoisotopic (exact) mass is 335 g/mol. The average molecular weight is 336 g/mol. The van der Waals surface area contributed by atoms with Crippen LogP contribution in [0.15, 0.2) is 22.7 Å². The summed E-state index contributed by atoms with van der Waals surface area (Å²) in [5.41, 5.74) is 0.531. The number of ether oxygens (including phenoxy) is 1. The molecular formula is C16H18ClN3O3. The number of aryl methyl sites for hydroxylation is 1. The number of halogens is 1. The van der Waals surface area contributed by atoms with E-state index in [4.69, 9.17) is 20.9 Å².